The molecule has 1 amide bonds. The summed E-state index contributed by atoms with van der Waals surface area (Å²) in [5, 5.41) is 11.1. The van der Waals surface area contributed by atoms with Gasteiger partial charge in [0, 0.05) is 30.8 Å². The van der Waals surface area contributed by atoms with Gasteiger partial charge in [-0.2, -0.15) is 0 Å². The Kier molecular flexibility index (Phi) is 5.28. The number of likely N-dealkylation sites (tertiary alicyclic amines) is 1. The SMILES string of the molecule is O=C(Cc1ccccc1[N+](=O)[O-])N1CCC(Oc2ncccc2Br)C1. The van der Waals surface area contributed by atoms with E-state index in [1.807, 2.05) is 6.07 Å². The van der Waals surface area contributed by atoms with Gasteiger partial charge in [-0.15, -0.1) is 0 Å². The van der Waals surface area contributed by atoms with E-state index in [-0.39, 0.29) is 24.1 Å². The quantitative estimate of drug-likeness (QED) is 0.563. The van der Waals surface area contributed by atoms with Gasteiger partial charge < -0.3 is 9.64 Å². The first-order valence-electron chi connectivity index (χ1n) is 7.82. The fourth-order valence-electron chi connectivity index (χ4n) is 2.78. The largest absolute Gasteiger partial charge is 0.472 e. The predicted octanol–water partition coefficient (Wildman–Crippen LogP) is 2.97. The van der Waals surface area contributed by atoms with Gasteiger partial charge in [0.1, 0.15) is 6.10 Å². The first kappa shape index (κ1) is 17.3. The fourth-order valence-corrected chi connectivity index (χ4v) is 3.13. The van der Waals surface area contributed by atoms with E-state index in [0.29, 0.717) is 31.0 Å². The molecule has 1 aromatic carbocycles. The smallest absolute Gasteiger partial charge is 0.273 e. The molecule has 0 spiro atoms. The number of nitro groups is 1. The molecule has 8 heteroatoms. The highest BCUT2D eigenvalue weighted by atomic mass is 79.9. The van der Waals surface area contributed by atoms with Crippen molar-refractivity contribution in [3.8, 4) is 5.88 Å². The normalized spacial score (nSPS) is 16.7. The lowest BCUT2D eigenvalue weighted by Gasteiger charge is -2.17. The van der Waals surface area contributed by atoms with Crippen molar-refractivity contribution in [2.75, 3.05) is 13.1 Å². The highest BCUT2D eigenvalue weighted by Gasteiger charge is 2.29. The zero-order chi connectivity index (χ0) is 17.8. The van der Waals surface area contributed by atoms with E-state index in [9.17, 15) is 14.9 Å². The molecule has 2 heterocycles. The molecule has 1 saturated heterocycles. The maximum absolute atomic E-state index is 12.5. The van der Waals surface area contributed by atoms with Crippen LogP contribution in [0.15, 0.2) is 47.1 Å². The molecule has 0 bridgehead atoms. The molecule has 0 saturated carbocycles. The number of benzene rings is 1. The van der Waals surface area contributed by atoms with Crippen molar-refractivity contribution in [3.05, 3.63) is 62.7 Å². The molecule has 0 aliphatic carbocycles. The zero-order valence-corrected chi connectivity index (χ0v) is 14.9. The number of amides is 1. The van der Waals surface area contributed by atoms with Gasteiger partial charge in [0.25, 0.3) is 5.69 Å². The van der Waals surface area contributed by atoms with Gasteiger partial charge >= 0.3 is 0 Å². The minimum atomic E-state index is -0.461. The third-order valence-corrected chi connectivity index (χ3v) is 4.63. The maximum atomic E-state index is 12.5. The third-order valence-electron chi connectivity index (χ3n) is 4.03. The average molecular weight is 406 g/mol. The monoisotopic (exact) mass is 405 g/mol. The summed E-state index contributed by atoms with van der Waals surface area (Å²) < 4.78 is 6.60. The number of nitro benzene ring substituents is 1. The summed E-state index contributed by atoms with van der Waals surface area (Å²) in [6.07, 6.45) is 2.22. The third kappa shape index (κ3) is 4.14. The average Bonchev–Trinajstić information content (AvgIpc) is 3.06. The fraction of sp³-hybridized carbons (Fsp3) is 0.294. The van der Waals surface area contributed by atoms with Crippen LogP contribution in [-0.2, 0) is 11.2 Å². The lowest BCUT2D eigenvalue weighted by Crippen LogP contribution is -2.32. The number of rotatable bonds is 5. The molecule has 0 radical (unpaired) electrons. The number of hydrogen-bond donors (Lipinski definition) is 0. The molecule has 1 fully saturated rings. The van der Waals surface area contributed by atoms with E-state index in [0.717, 1.165) is 4.47 Å². The topological polar surface area (TPSA) is 85.6 Å². The van der Waals surface area contributed by atoms with E-state index in [2.05, 4.69) is 20.9 Å². The van der Waals surface area contributed by atoms with Crippen LogP contribution in [0.5, 0.6) is 5.88 Å². The number of carbonyl (C=O) groups is 1. The molecule has 1 unspecified atom stereocenters. The second-order valence-corrected chi connectivity index (χ2v) is 6.58. The van der Waals surface area contributed by atoms with Gasteiger partial charge in [0.2, 0.25) is 11.8 Å². The maximum Gasteiger partial charge on any atom is 0.273 e. The van der Waals surface area contributed by atoms with Crippen molar-refractivity contribution in [1.82, 2.24) is 9.88 Å². The highest BCUT2D eigenvalue weighted by molar-refractivity contribution is 9.10. The van der Waals surface area contributed by atoms with Crippen molar-refractivity contribution in [2.45, 2.75) is 18.9 Å². The number of carbonyl (C=O) groups excluding carboxylic acids is 1. The van der Waals surface area contributed by atoms with Crippen LogP contribution in [0.25, 0.3) is 0 Å². The standard InChI is InChI=1S/C17H16BrN3O4/c18-14-5-3-8-19-17(14)25-13-7-9-20(11-13)16(22)10-12-4-1-2-6-15(12)21(23)24/h1-6,8,13H,7,9-11H2. The Morgan fingerprint density at radius 1 is 1.36 bits per heavy atom. The van der Waals surface area contributed by atoms with Crippen LogP contribution in [0, 0.1) is 10.1 Å². The molecule has 0 N–H and O–H groups in total. The Balaban J connectivity index is 1.62. The van der Waals surface area contributed by atoms with Crippen molar-refractivity contribution in [3.63, 3.8) is 0 Å². The van der Waals surface area contributed by atoms with Gasteiger partial charge in [0.05, 0.1) is 22.4 Å². The Labute approximate surface area is 152 Å². The van der Waals surface area contributed by atoms with Crippen LogP contribution in [0.3, 0.4) is 0 Å². The van der Waals surface area contributed by atoms with Crippen LogP contribution < -0.4 is 4.74 Å². The molecule has 2 aromatic rings. The molecule has 1 atom stereocenters. The Morgan fingerprint density at radius 3 is 2.92 bits per heavy atom. The molecule has 25 heavy (non-hydrogen) atoms. The van der Waals surface area contributed by atoms with E-state index in [1.165, 1.54) is 6.07 Å². The van der Waals surface area contributed by atoms with Crippen molar-refractivity contribution in [1.29, 1.82) is 0 Å². The van der Waals surface area contributed by atoms with E-state index in [4.69, 9.17) is 4.74 Å². The number of para-hydroxylation sites is 1. The van der Waals surface area contributed by atoms with Crippen molar-refractivity contribution >= 4 is 27.5 Å². The number of halogens is 1. The molecule has 3 rings (SSSR count). The lowest BCUT2D eigenvalue weighted by atomic mass is 10.1. The van der Waals surface area contributed by atoms with Crippen LogP contribution in [0.2, 0.25) is 0 Å². The van der Waals surface area contributed by atoms with Crippen LogP contribution in [-0.4, -0.2) is 39.9 Å². The predicted molar refractivity (Wildman–Crippen MR) is 94.4 cm³/mol. The van der Waals surface area contributed by atoms with Gasteiger partial charge in [0.15, 0.2) is 0 Å². The summed E-state index contributed by atoms with van der Waals surface area (Å²) in [6.45, 7) is 1.01. The Morgan fingerprint density at radius 2 is 2.16 bits per heavy atom. The number of aromatic nitrogens is 1. The minimum absolute atomic E-state index is 0.0111. The van der Waals surface area contributed by atoms with Crippen LogP contribution in [0.1, 0.15) is 12.0 Å². The molecule has 7 nitrogen and oxygen atoms in total. The van der Waals surface area contributed by atoms with Crippen LogP contribution >= 0.6 is 15.9 Å². The molecule has 1 aromatic heterocycles. The molecular formula is C17H16BrN3O4. The van der Waals surface area contributed by atoms with E-state index < -0.39 is 4.92 Å². The molecule has 1 aliphatic rings. The Hall–Kier alpha value is -2.48. The summed E-state index contributed by atoms with van der Waals surface area (Å²) in [5.41, 5.74) is 0.398. The number of nitrogens with zero attached hydrogens (tertiary/aromatic N) is 3. The van der Waals surface area contributed by atoms with E-state index in [1.54, 1.807) is 35.4 Å². The van der Waals surface area contributed by atoms with Gasteiger partial charge in [-0.1, -0.05) is 18.2 Å². The van der Waals surface area contributed by atoms with Gasteiger partial charge in [-0.3, -0.25) is 14.9 Å². The van der Waals surface area contributed by atoms with E-state index >= 15 is 0 Å². The van der Waals surface area contributed by atoms with Crippen LogP contribution in [0.4, 0.5) is 5.69 Å². The number of hydrogen-bond acceptors (Lipinski definition) is 5. The Bertz CT molecular complexity index is 799. The molecule has 1 aliphatic heterocycles. The zero-order valence-electron chi connectivity index (χ0n) is 13.3. The second-order valence-electron chi connectivity index (χ2n) is 5.72. The first-order valence-corrected chi connectivity index (χ1v) is 8.61. The van der Waals surface area contributed by atoms with Gasteiger partial charge in [-0.25, -0.2) is 4.98 Å². The summed E-state index contributed by atoms with van der Waals surface area (Å²) in [6, 6.07) is 9.96. The molecule has 130 valence electrons. The first-order chi connectivity index (χ1) is 12.0. The lowest BCUT2D eigenvalue weighted by molar-refractivity contribution is -0.385. The second kappa shape index (κ2) is 7.60. The molecular weight excluding hydrogens is 390 g/mol. The summed E-state index contributed by atoms with van der Waals surface area (Å²) in [7, 11) is 0. The summed E-state index contributed by atoms with van der Waals surface area (Å²) >= 11 is 3.38. The summed E-state index contributed by atoms with van der Waals surface area (Å²) in [5.74, 6) is 0.362. The number of ether oxygens (including phenoxy) is 1. The number of pyridine rings is 1. The van der Waals surface area contributed by atoms with Crippen molar-refractivity contribution in [2.24, 2.45) is 0 Å². The minimum Gasteiger partial charge on any atom is -0.472 e. The van der Waals surface area contributed by atoms with Crippen molar-refractivity contribution < 1.29 is 14.5 Å². The summed E-state index contributed by atoms with van der Waals surface area (Å²) in [4.78, 5) is 28.9. The van der Waals surface area contributed by atoms with Gasteiger partial charge in [-0.05, 0) is 28.1 Å². The highest BCUT2D eigenvalue weighted by Crippen LogP contribution is 2.25.